The smallest absolute Gasteiger partial charge is 0.230 e. The Hall–Kier alpha value is -1.39. The van der Waals surface area contributed by atoms with Gasteiger partial charge in [-0.3, -0.25) is 0 Å². The molecule has 1 aliphatic carbocycles. The zero-order valence-electron chi connectivity index (χ0n) is 11.8. The molecule has 1 saturated carbocycles. The van der Waals surface area contributed by atoms with Crippen LogP contribution < -0.4 is 5.32 Å². The first-order valence-electron chi connectivity index (χ1n) is 7.53. The number of hydrogen-bond donors (Lipinski definition) is 1. The molecule has 2 aliphatic rings. The van der Waals surface area contributed by atoms with E-state index in [-0.39, 0.29) is 0 Å². The van der Waals surface area contributed by atoms with Gasteiger partial charge in [-0.2, -0.15) is 4.98 Å². The predicted octanol–water partition coefficient (Wildman–Crippen LogP) is 3.17. The van der Waals surface area contributed by atoms with Crippen LogP contribution in [-0.4, -0.2) is 23.2 Å². The summed E-state index contributed by atoms with van der Waals surface area (Å²) in [4.78, 5) is 4.61. The van der Waals surface area contributed by atoms with Crippen molar-refractivity contribution in [2.24, 2.45) is 5.41 Å². The maximum Gasteiger partial charge on any atom is 0.230 e. The summed E-state index contributed by atoms with van der Waals surface area (Å²) in [6, 6.07) is 7.79. The van der Waals surface area contributed by atoms with Crippen molar-refractivity contribution in [2.45, 2.75) is 31.6 Å². The van der Waals surface area contributed by atoms with E-state index in [9.17, 15) is 0 Å². The zero-order valence-corrected chi connectivity index (χ0v) is 12.6. The zero-order chi connectivity index (χ0) is 14.3. The highest BCUT2D eigenvalue weighted by Gasteiger charge is 2.57. The Kier molecular flexibility index (Phi) is 3.23. The molecule has 1 spiro atoms. The molecule has 1 saturated heterocycles. The van der Waals surface area contributed by atoms with Crippen LogP contribution in [0.4, 0.5) is 0 Å². The fourth-order valence-corrected chi connectivity index (χ4v) is 3.57. The molecule has 1 aromatic carbocycles. The first-order valence-corrected chi connectivity index (χ1v) is 7.91. The van der Waals surface area contributed by atoms with E-state index >= 15 is 0 Å². The van der Waals surface area contributed by atoms with Gasteiger partial charge in [-0.05, 0) is 55.5 Å². The van der Waals surface area contributed by atoms with E-state index in [2.05, 4.69) is 15.5 Å². The number of benzene rings is 1. The maximum absolute atomic E-state index is 5.90. The molecule has 0 amide bonds. The number of nitrogens with zero attached hydrogens (tertiary/aromatic N) is 2. The number of hydrogen-bond acceptors (Lipinski definition) is 4. The second kappa shape index (κ2) is 5.11. The molecule has 21 heavy (non-hydrogen) atoms. The highest BCUT2D eigenvalue weighted by molar-refractivity contribution is 6.30. The van der Waals surface area contributed by atoms with Crippen molar-refractivity contribution >= 4 is 11.6 Å². The van der Waals surface area contributed by atoms with Gasteiger partial charge in [0.15, 0.2) is 5.82 Å². The molecule has 1 N–H and O–H groups in total. The van der Waals surface area contributed by atoms with Crippen LogP contribution in [0.15, 0.2) is 28.8 Å². The van der Waals surface area contributed by atoms with Crippen molar-refractivity contribution in [2.75, 3.05) is 13.1 Å². The number of rotatable bonds is 3. The number of nitrogens with one attached hydrogen (secondary N) is 1. The van der Waals surface area contributed by atoms with Crippen molar-refractivity contribution in [3.8, 4) is 0 Å². The first kappa shape index (κ1) is 13.3. The third-order valence-electron chi connectivity index (χ3n) is 4.85. The summed E-state index contributed by atoms with van der Waals surface area (Å²) in [5, 5.41) is 8.30. The van der Waals surface area contributed by atoms with Crippen LogP contribution in [0, 0.1) is 5.41 Å². The highest BCUT2D eigenvalue weighted by Crippen LogP contribution is 2.63. The largest absolute Gasteiger partial charge is 0.339 e. The number of aromatic nitrogens is 2. The molecule has 110 valence electrons. The van der Waals surface area contributed by atoms with Crippen LogP contribution in [0.2, 0.25) is 5.02 Å². The summed E-state index contributed by atoms with van der Waals surface area (Å²) in [5.74, 6) is 2.08. The molecule has 2 aromatic rings. The standard InChI is InChI=1S/C16H18ClN3O/c17-12-3-1-11(2-4-12)9-14-19-15(21-20-14)13-10-16(13)5-7-18-8-6-16/h1-4,13,18H,5-10H2. The third kappa shape index (κ3) is 2.58. The highest BCUT2D eigenvalue weighted by atomic mass is 35.5. The molecule has 2 fully saturated rings. The van der Waals surface area contributed by atoms with E-state index in [1.165, 1.54) is 19.3 Å². The van der Waals surface area contributed by atoms with Crippen LogP contribution in [0.5, 0.6) is 0 Å². The molecule has 0 bridgehead atoms. The van der Waals surface area contributed by atoms with E-state index in [1.54, 1.807) is 0 Å². The fourth-order valence-electron chi connectivity index (χ4n) is 3.44. The number of piperidine rings is 1. The monoisotopic (exact) mass is 303 g/mol. The van der Waals surface area contributed by atoms with Crippen LogP contribution in [0.1, 0.15) is 42.5 Å². The van der Waals surface area contributed by atoms with Gasteiger partial charge in [-0.1, -0.05) is 28.9 Å². The number of halogens is 1. The van der Waals surface area contributed by atoms with Gasteiger partial charge in [0.05, 0.1) is 0 Å². The topological polar surface area (TPSA) is 51.0 Å². The van der Waals surface area contributed by atoms with Gasteiger partial charge in [0.1, 0.15) is 0 Å². The molecular formula is C16H18ClN3O. The molecule has 1 aromatic heterocycles. The molecule has 1 aliphatic heterocycles. The first-order chi connectivity index (χ1) is 10.3. The SMILES string of the molecule is Clc1ccc(Cc2noc(C3CC34CCNCC4)n2)cc1. The Morgan fingerprint density at radius 2 is 2.00 bits per heavy atom. The third-order valence-corrected chi connectivity index (χ3v) is 5.10. The van der Waals surface area contributed by atoms with Crippen molar-refractivity contribution in [1.82, 2.24) is 15.5 Å². The summed E-state index contributed by atoms with van der Waals surface area (Å²) >= 11 is 5.90. The Balaban J connectivity index is 1.45. The Morgan fingerprint density at radius 3 is 2.76 bits per heavy atom. The van der Waals surface area contributed by atoms with Gasteiger partial charge in [-0.25, -0.2) is 0 Å². The molecule has 0 radical (unpaired) electrons. The summed E-state index contributed by atoms with van der Waals surface area (Å²) in [5.41, 5.74) is 1.59. The Labute approximate surface area is 128 Å². The van der Waals surface area contributed by atoms with E-state index in [4.69, 9.17) is 16.1 Å². The molecule has 1 atom stereocenters. The molecule has 2 heterocycles. The van der Waals surface area contributed by atoms with E-state index in [1.807, 2.05) is 24.3 Å². The molecule has 1 unspecified atom stereocenters. The van der Waals surface area contributed by atoms with Crippen molar-refractivity contribution in [3.05, 3.63) is 46.6 Å². The minimum absolute atomic E-state index is 0.440. The van der Waals surface area contributed by atoms with Gasteiger partial charge in [0.2, 0.25) is 5.89 Å². The summed E-state index contributed by atoms with van der Waals surface area (Å²) in [6.07, 6.45) is 4.36. The summed E-state index contributed by atoms with van der Waals surface area (Å²) < 4.78 is 5.50. The quantitative estimate of drug-likeness (QED) is 0.946. The van der Waals surface area contributed by atoms with Crippen LogP contribution in [0.3, 0.4) is 0 Å². The van der Waals surface area contributed by atoms with E-state index in [0.29, 0.717) is 17.8 Å². The van der Waals surface area contributed by atoms with Gasteiger partial charge in [0.25, 0.3) is 0 Å². The van der Waals surface area contributed by atoms with E-state index in [0.717, 1.165) is 35.4 Å². The Bertz CT molecular complexity index is 631. The van der Waals surface area contributed by atoms with Gasteiger partial charge in [-0.15, -0.1) is 0 Å². The van der Waals surface area contributed by atoms with Crippen molar-refractivity contribution < 1.29 is 4.52 Å². The van der Waals surface area contributed by atoms with Gasteiger partial charge >= 0.3 is 0 Å². The van der Waals surface area contributed by atoms with Gasteiger partial charge < -0.3 is 9.84 Å². The normalized spacial score (nSPS) is 23.4. The average Bonchev–Trinajstić information content (AvgIpc) is 2.98. The second-order valence-electron chi connectivity index (χ2n) is 6.22. The lowest BCUT2D eigenvalue weighted by molar-refractivity contribution is 0.310. The van der Waals surface area contributed by atoms with Crippen LogP contribution in [0.25, 0.3) is 0 Å². The molecule has 4 nitrogen and oxygen atoms in total. The van der Waals surface area contributed by atoms with E-state index < -0.39 is 0 Å². The predicted molar refractivity (Wildman–Crippen MR) is 80.5 cm³/mol. The minimum Gasteiger partial charge on any atom is -0.339 e. The van der Waals surface area contributed by atoms with Crippen LogP contribution >= 0.6 is 11.6 Å². The fraction of sp³-hybridized carbons (Fsp3) is 0.500. The average molecular weight is 304 g/mol. The lowest BCUT2D eigenvalue weighted by Crippen LogP contribution is -2.29. The molecule has 4 rings (SSSR count). The second-order valence-corrected chi connectivity index (χ2v) is 6.66. The lowest BCUT2D eigenvalue weighted by Gasteiger charge is -2.22. The molecule has 5 heteroatoms. The lowest BCUT2D eigenvalue weighted by atomic mass is 9.92. The van der Waals surface area contributed by atoms with Crippen molar-refractivity contribution in [3.63, 3.8) is 0 Å². The minimum atomic E-state index is 0.440. The molecular weight excluding hydrogens is 286 g/mol. The van der Waals surface area contributed by atoms with Crippen LogP contribution in [-0.2, 0) is 6.42 Å². The van der Waals surface area contributed by atoms with Crippen molar-refractivity contribution in [1.29, 1.82) is 0 Å². The Morgan fingerprint density at radius 1 is 1.24 bits per heavy atom. The summed E-state index contributed by atoms with van der Waals surface area (Å²) in [7, 11) is 0. The maximum atomic E-state index is 5.90. The summed E-state index contributed by atoms with van der Waals surface area (Å²) in [6.45, 7) is 2.23. The van der Waals surface area contributed by atoms with Gasteiger partial charge in [0, 0.05) is 17.4 Å².